The van der Waals surface area contributed by atoms with Crippen LogP contribution in [0.1, 0.15) is 30.9 Å². The maximum absolute atomic E-state index is 5.32. The van der Waals surface area contributed by atoms with Crippen LogP contribution in [0.4, 0.5) is 0 Å². The first kappa shape index (κ1) is 12.1. The fourth-order valence-electron chi connectivity index (χ4n) is 1.81. The van der Waals surface area contributed by atoms with Gasteiger partial charge in [-0.05, 0) is 36.6 Å². The molecule has 1 atom stereocenters. The molecule has 2 nitrogen and oxygen atoms in total. The Kier molecular flexibility index (Phi) is 4.63. The number of hydrogen-bond donors (Lipinski definition) is 1. The average Bonchev–Trinajstić information content (AvgIpc) is 2.28. The van der Waals surface area contributed by atoms with Crippen LogP contribution in [0.2, 0.25) is 0 Å². The van der Waals surface area contributed by atoms with E-state index in [4.69, 9.17) is 4.74 Å². The molecule has 0 spiro atoms. The molecule has 0 aliphatic heterocycles. The van der Waals surface area contributed by atoms with Crippen molar-refractivity contribution in [1.82, 2.24) is 5.32 Å². The minimum atomic E-state index is 0.547. The van der Waals surface area contributed by atoms with E-state index in [1.807, 2.05) is 7.05 Å². The molecule has 0 radical (unpaired) electrons. The maximum atomic E-state index is 5.32. The topological polar surface area (TPSA) is 21.3 Å². The predicted octanol–water partition coefficient (Wildman–Crippen LogP) is 2.58. The highest BCUT2D eigenvalue weighted by atomic mass is 16.5. The molecule has 0 aromatic heterocycles. The van der Waals surface area contributed by atoms with E-state index in [1.165, 1.54) is 11.1 Å². The summed E-state index contributed by atoms with van der Waals surface area (Å²) in [7, 11) is 3.71. The van der Waals surface area contributed by atoms with E-state index < -0.39 is 0 Å². The molecule has 1 aromatic rings. The Morgan fingerprint density at radius 1 is 1.40 bits per heavy atom. The van der Waals surface area contributed by atoms with Gasteiger partial charge in [-0.1, -0.05) is 26.0 Å². The van der Waals surface area contributed by atoms with Crippen LogP contribution < -0.4 is 10.1 Å². The van der Waals surface area contributed by atoms with Crippen LogP contribution in [-0.2, 0) is 6.42 Å². The Balaban J connectivity index is 2.92. The van der Waals surface area contributed by atoms with Gasteiger partial charge in [0.15, 0.2) is 0 Å². The van der Waals surface area contributed by atoms with E-state index in [9.17, 15) is 0 Å². The van der Waals surface area contributed by atoms with Crippen LogP contribution in [0.3, 0.4) is 0 Å². The third-order valence-corrected chi connectivity index (χ3v) is 2.76. The summed E-state index contributed by atoms with van der Waals surface area (Å²) >= 11 is 0. The second kappa shape index (κ2) is 5.76. The quantitative estimate of drug-likeness (QED) is 0.801. The van der Waals surface area contributed by atoms with Gasteiger partial charge in [-0.25, -0.2) is 0 Å². The molecule has 1 rings (SSSR count). The molecule has 1 unspecified atom stereocenters. The van der Waals surface area contributed by atoms with Gasteiger partial charge in [-0.3, -0.25) is 0 Å². The van der Waals surface area contributed by atoms with E-state index in [1.54, 1.807) is 7.11 Å². The highest BCUT2D eigenvalue weighted by Crippen LogP contribution is 2.24. The Morgan fingerprint density at radius 2 is 2.13 bits per heavy atom. The van der Waals surface area contributed by atoms with Crippen LogP contribution in [0, 0.1) is 0 Å². The SMILES string of the molecule is CCc1cc(C(C)CNC)ccc1OC. The number of rotatable bonds is 5. The van der Waals surface area contributed by atoms with Crippen molar-refractivity contribution in [1.29, 1.82) is 0 Å². The molecule has 0 saturated heterocycles. The number of nitrogens with one attached hydrogen (secondary N) is 1. The van der Waals surface area contributed by atoms with Gasteiger partial charge in [0.25, 0.3) is 0 Å². The first-order valence-corrected chi connectivity index (χ1v) is 5.54. The van der Waals surface area contributed by atoms with Crippen LogP contribution in [0.5, 0.6) is 5.75 Å². The van der Waals surface area contributed by atoms with Crippen molar-refractivity contribution in [2.45, 2.75) is 26.2 Å². The smallest absolute Gasteiger partial charge is 0.122 e. The van der Waals surface area contributed by atoms with Gasteiger partial charge < -0.3 is 10.1 Å². The molecule has 0 heterocycles. The predicted molar refractivity (Wildman–Crippen MR) is 64.7 cm³/mol. The van der Waals surface area contributed by atoms with Gasteiger partial charge in [-0.2, -0.15) is 0 Å². The Morgan fingerprint density at radius 3 is 2.67 bits per heavy atom. The van der Waals surface area contributed by atoms with Gasteiger partial charge in [0.05, 0.1) is 7.11 Å². The summed E-state index contributed by atoms with van der Waals surface area (Å²) in [6.45, 7) is 5.40. The first-order chi connectivity index (χ1) is 7.22. The number of hydrogen-bond acceptors (Lipinski definition) is 2. The molecular weight excluding hydrogens is 186 g/mol. The van der Waals surface area contributed by atoms with Crippen LogP contribution in [-0.4, -0.2) is 20.7 Å². The van der Waals surface area contributed by atoms with Crippen molar-refractivity contribution in [3.05, 3.63) is 29.3 Å². The Bertz CT molecular complexity index is 309. The van der Waals surface area contributed by atoms with Crippen molar-refractivity contribution in [3.63, 3.8) is 0 Å². The van der Waals surface area contributed by atoms with Crippen LogP contribution in [0.25, 0.3) is 0 Å². The number of ether oxygens (including phenoxy) is 1. The second-order valence-corrected chi connectivity index (χ2v) is 3.88. The molecule has 1 N–H and O–H groups in total. The monoisotopic (exact) mass is 207 g/mol. The zero-order chi connectivity index (χ0) is 11.3. The number of aryl methyl sites for hydroxylation is 1. The molecule has 0 fully saturated rings. The van der Waals surface area contributed by atoms with E-state index in [0.717, 1.165) is 18.7 Å². The largest absolute Gasteiger partial charge is 0.496 e. The summed E-state index contributed by atoms with van der Waals surface area (Å²) in [4.78, 5) is 0. The van der Waals surface area contributed by atoms with E-state index in [2.05, 4.69) is 37.4 Å². The van der Waals surface area contributed by atoms with E-state index in [-0.39, 0.29) is 0 Å². The van der Waals surface area contributed by atoms with Gasteiger partial charge in [0, 0.05) is 6.54 Å². The summed E-state index contributed by atoms with van der Waals surface area (Å²) in [5.74, 6) is 1.55. The third kappa shape index (κ3) is 2.96. The number of benzene rings is 1. The second-order valence-electron chi connectivity index (χ2n) is 3.88. The fourth-order valence-corrected chi connectivity index (χ4v) is 1.81. The molecule has 0 saturated carbocycles. The third-order valence-electron chi connectivity index (χ3n) is 2.76. The molecule has 1 aromatic carbocycles. The highest BCUT2D eigenvalue weighted by Gasteiger charge is 2.07. The lowest BCUT2D eigenvalue weighted by Crippen LogP contribution is -2.14. The highest BCUT2D eigenvalue weighted by molar-refractivity contribution is 5.38. The van der Waals surface area contributed by atoms with Gasteiger partial charge in [-0.15, -0.1) is 0 Å². The van der Waals surface area contributed by atoms with Gasteiger partial charge >= 0.3 is 0 Å². The lowest BCUT2D eigenvalue weighted by molar-refractivity contribution is 0.410. The van der Waals surface area contributed by atoms with Gasteiger partial charge in [0.2, 0.25) is 0 Å². The summed E-state index contributed by atoms with van der Waals surface area (Å²) < 4.78 is 5.32. The lowest BCUT2D eigenvalue weighted by atomic mass is 9.97. The molecule has 0 bridgehead atoms. The van der Waals surface area contributed by atoms with E-state index in [0.29, 0.717) is 5.92 Å². The number of likely N-dealkylation sites (N-methyl/N-ethyl adjacent to an activating group) is 1. The minimum Gasteiger partial charge on any atom is -0.496 e. The molecule has 2 heteroatoms. The average molecular weight is 207 g/mol. The molecule has 84 valence electrons. The first-order valence-electron chi connectivity index (χ1n) is 5.54. The van der Waals surface area contributed by atoms with Crippen molar-refractivity contribution in [2.24, 2.45) is 0 Å². The molecule has 0 amide bonds. The molecule has 0 aliphatic carbocycles. The Labute approximate surface area is 92.6 Å². The molecular formula is C13H21NO. The summed E-state index contributed by atoms with van der Waals surface area (Å²) in [6.07, 6.45) is 1.02. The van der Waals surface area contributed by atoms with Crippen molar-refractivity contribution in [2.75, 3.05) is 20.7 Å². The summed E-state index contributed by atoms with van der Waals surface area (Å²) in [5.41, 5.74) is 2.67. The van der Waals surface area contributed by atoms with Crippen molar-refractivity contribution < 1.29 is 4.74 Å². The van der Waals surface area contributed by atoms with E-state index >= 15 is 0 Å². The van der Waals surface area contributed by atoms with Crippen molar-refractivity contribution >= 4 is 0 Å². The standard InChI is InChI=1S/C13H21NO/c1-5-11-8-12(10(2)9-14-3)6-7-13(11)15-4/h6-8,10,14H,5,9H2,1-4H3. The molecule has 0 aliphatic rings. The zero-order valence-corrected chi connectivity index (χ0v) is 10.1. The van der Waals surface area contributed by atoms with Crippen molar-refractivity contribution in [3.8, 4) is 5.75 Å². The lowest BCUT2D eigenvalue weighted by Gasteiger charge is -2.14. The zero-order valence-electron chi connectivity index (χ0n) is 10.1. The normalized spacial score (nSPS) is 12.5. The number of methoxy groups -OCH3 is 1. The Hall–Kier alpha value is -1.02. The van der Waals surface area contributed by atoms with Gasteiger partial charge in [0.1, 0.15) is 5.75 Å². The summed E-state index contributed by atoms with van der Waals surface area (Å²) in [5, 5.41) is 3.20. The van der Waals surface area contributed by atoms with Crippen LogP contribution >= 0.6 is 0 Å². The molecule has 15 heavy (non-hydrogen) atoms. The minimum absolute atomic E-state index is 0.547. The fraction of sp³-hybridized carbons (Fsp3) is 0.538. The maximum Gasteiger partial charge on any atom is 0.122 e. The van der Waals surface area contributed by atoms with Crippen LogP contribution in [0.15, 0.2) is 18.2 Å². The summed E-state index contributed by atoms with van der Waals surface area (Å²) in [6, 6.07) is 6.47.